The Morgan fingerprint density at radius 3 is 2.78 bits per heavy atom. The molecule has 1 aliphatic heterocycles. The summed E-state index contributed by atoms with van der Waals surface area (Å²) in [6.07, 6.45) is 2.68. The number of ether oxygens (including phenoxy) is 2. The van der Waals surface area contributed by atoms with Gasteiger partial charge in [-0.25, -0.2) is 0 Å². The van der Waals surface area contributed by atoms with Crippen LogP contribution in [0, 0.1) is 0 Å². The van der Waals surface area contributed by atoms with Gasteiger partial charge in [0.05, 0.1) is 19.3 Å². The molecule has 0 amide bonds. The van der Waals surface area contributed by atoms with E-state index in [-0.39, 0.29) is 0 Å². The maximum Gasteiger partial charge on any atom is 0.119 e. The van der Waals surface area contributed by atoms with E-state index in [1.54, 1.807) is 0 Å². The van der Waals surface area contributed by atoms with Crippen LogP contribution in [-0.2, 0) is 4.74 Å². The Kier molecular flexibility index (Phi) is 3.87. The average Bonchev–Trinajstić information content (AvgIpc) is 3.23. The van der Waals surface area contributed by atoms with Crippen LogP contribution in [0.15, 0.2) is 28.7 Å². The summed E-state index contributed by atoms with van der Waals surface area (Å²) < 4.78 is 12.5. The minimum absolute atomic E-state index is 0.412. The number of hydrogen-bond acceptors (Lipinski definition) is 3. The van der Waals surface area contributed by atoms with E-state index in [4.69, 9.17) is 9.47 Å². The van der Waals surface area contributed by atoms with E-state index in [1.807, 2.05) is 24.3 Å². The Morgan fingerprint density at radius 1 is 1.28 bits per heavy atom. The van der Waals surface area contributed by atoms with Crippen molar-refractivity contribution in [3.8, 4) is 5.75 Å². The van der Waals surface area contributed by atoms with E-state index in [2.05, 4.69) is 20.8 Å². The zero-order valence-electron chi connectivity index (χ0n) is 10.3. The molecule has 1 saturated carbocycles. The molecule has 2 aliphatic rings. The number of morpholine rings is 1. The lowest BCUT2D eigenvalue weighted by Gasteiger charge is -2.35. The zero-order chi connectivity index (χ0) is 12.4. The first-order valence-electron chi connectivity index (χ1n) is 6.55. The second-order valence-corrected chi connectivity index (χ2v) is 5.88. The molecule has 0 aromatic heterocycles. The summed E-state index contributed by atoms with van der Waals surface area (Å²) in [7, 11) is 0. The number of benzene rings is 1. The third-order valence-electron chi connectivity index (χ3n) is 3.54. The van der Waals surface area contributed by atoms with Crippen LogP contribution in [0.4, 0.5) is 0 Å². The van der Waals surface area contributed by atoms with Gasteiger partial charge in [0.25, 0.3) is 0 Å². The van der Waals surface area contributed by atoms with E-state index in [0.29, 0.717) is 6.04 Å². The van der Waals surface area contributed by atoms with Crippen molar-refractivity contribution < 1.29 is 9.47 Å². The highest BCUT2D eigenvalue weighted by molar-refractivity contribution is 9.10. The molecular weight excluding hydrogens is 294 g/mol. The van der Waals surface area contributed by atoms with Crippen molar-refractivity contribution in [2.75, 3.05) is 26.4 Å². The summed E-state index contributed by atoms with van der Waals surface area (Å²) in [6, 6.07) is 9.20. The van der Waals surface area contributed by atoms with Crippen molar-refractivity contribution >= 4 is 15.9 Å². The highest BCUT2D eigenvalue weighted by Gasteiger charge is 2.35. The third kappa shape index (κ3) is 3.05. The second kappa shape index (κ2) is 5.59. The molecule has 0 radical (unpaired) electrons. The predicted molar refractivity (Wildman–Crippen MR) is 74.0 cm³/mol. The third-order valence-corrected chi connectivity index (χ3v) is 4.07. The average molecular weight is 312 g/mol. The van der Waals surface area contributed by atoms with Crippen LogP contribution in [0.5, 0.6) is 5.75 Å². The highest BCUT2D eigenvalue weighted by Crippen LogP contribution is 2.30. The molecule has 98 valence electrons. The summed E-state index contributed by atoms with van der Waals surface area (Å²) in [5.41, 5.74) is 0. The van der Waals surface area contributed by atoms with Crippen LogP contribution in [0.3, 0.4) is 0 Å². The van der Waals surface area contributed by atoms with Crippen LogP contribution in [0.1, 0.15) is 12.8 Å². The minimum atomic E-state index is 0.412. The Labute approximate surface area is 116 Å². The van der Waals surface area contributed by atoms with Crippen molar-refractivity contribution in [1.29, 1.82) is 0 Å². The number of rotatable bonds is 4. The van der Waals surface area contributed by atoms with E-state index >= 15 is 0 Å². The van der Waals surface area contributed by atoms with Crippen LogP contribution in [0.2, 0.25) is 0 Å². The Balaban J connectivity index is 1.56. The van der Waals surface area contributed by atoms with Gasteiger partial charge < -0.3 is 9.47 Å². The first-order valence-corrected chi connectivity index (χ1v) is 7.34. The van der Waals surface area contributed by atoms with E-state index in [9.17, 15) is 0 Å². The summed E-state index contributed by atoms with van der Waals surface area (Å²) >= 11 is 3.43. The molecule has 4 heteroatoms. The Bertz CT molecular complexity index is 391. The molecule has 0 spiro atoms. The normalized spacial score (nSPS) is 25.1. The van der Waals surface area contributed by atoms with Gasteiger partial charge in [-0.2, -0.15) is 0 Å². The molecule has 2 fully saturated rings. The van der Waals surface area contributed by atoms with Gasteiger partial charge in [-0.3, -0.25) is 4.90 Å². The second-order valence-electron chi connectivity index (χ2n) is 4.96. The van der Waals surface area contributed by atoms with E-state index in [0.717, 1.165) is 42.6 Å². The van der Waals surface area contributed by atoms with Crippen molar-refractivity contribution in [2.24, 2.45) is 0 Å². The van der Waals surface area contributed by atoms with Gasteiger partial charge in [0, 0.05) is 17.1 Å². The summed E-state index contributed by atoms with van der Waals surface area (Å²) in [6.45, 7) is 3.44. The smallest absolute Gasteiger partial charge is 0.119 e. The molecule has 1 saturated heterocycles. The molecular formula is C14H18BrNO2. The SMILES string of the molecule is Brc1ccc(OCC2COCCN2C2CC2)cc1. The molecule has 1 heterocycles. The monoisotopic (exact) mass is 311 g/mol. The molecule has 0 bridgehead atoms. The predicted octanol–water partition coefficient (Wildman–Crippen LogP) is 2.69. The fourth-order valence-electron chi connectivity index (χ4n) is 2.42. The lowest BCUT2D eigenvalue weighted by molar-refractivity contribution is -0.0275. The first-order chi connectivity index (χ1) is 8.83. The maximum atomic E-state index is 5.87. The number of nitrogens with zero attached hydrogens (tertiary/aromatic N) is 1. The van der Waals surface area contributed by atoms with Crippen LogP contribution in [-0.4, -0.2) is 43.3 Å². The van der Waals surface area contributed by atoms with Crippen molar-refractivity contribution in [3.05, 3.63) is 28.7 Å². The first kappa shape index (κ1) is 12.5. The van der Waals surface area contributed by atoms with Crippen LogP contribution >= 0.6 is 15.9 Å². The highest BCUT2D eigenvalue weighted by atomic mass is 79.9. The van der Waals surface area contributed by atoms with Gasteiger partial charge in [-0.15, -0.1) is 0 Å². The van der Waals surface area contributed by atoms with Crippen LogP contribution < -0.4 is 4.74 Å². The van der Waals surface area contributed by atoms with Crippen LogP contribution in [0.25, 0.3) is 0 Å². The van der Waals surface area contributed by atoms with Gasteiger partial charge in [0.2, 0.25) is 0 Å². The standard InChI is InChI=1S/C14H18BrNO2/c15-11-1-5-14(6-2-11)18-10-13-9-17-8-7-16(13)12-3-4-12/h1-2,5-6,12-13H,3-4,7-10H2. The molecule has 1 aromatic carbocycles. The van der Waals surface area contributed by atoms with E-state index < -0.39 is 0 Å². The van der Waals surface area contributed by atoms with Crippen molar-refractivity contribution in [3.63, 3.8) is 0 Å². The molecule has 1 aliphatic carbocycles. The molecule has 18 heavy (non-hydrogen) atoms. The maximum absolute atomic E-state index is 5.87. The summed E-state index contributed by atoms with van der Waals surface area (Å²) in [5, 5.41) is 0. The summed E-state index contributed by atoms with van der Waals surface area (Å²) in [5.74, 6) is 0.930. The van der Waals surface area contributed by atoms with Gasteiger partial charge in [0.15, 0.2) is 0 Å². The summed E-state index contributed by atoms with van der Waals surface area (Å²) in [4.78, 5) is 2.56. The fourth-order valence-corrected chi connectivity index (χ4v) is 2.69. The van der Waals surface area contributed by atoms with Crippen molar-refractivity contribution in [2.45, 2.75) is 24.9 Å². The molecule has 3 rings (SSSR count). The number of halogens is 1. The number of hydrogen-bond donors (Lipinski definition) is 0. The zero-order valence-corrected chi connectivity index (χ0v) is 11.9. The Hall–Kier alpha value is -0.580. The molecule has 1 unspecified atom stereocenters. The van der Waals surface area contributed by atoms with Crippen molar-refractivity contribution in [1.82, 2.24) is 4.90 Å². The largest absolute Gasteiger partial charge is 0.492 e. The molecule has 0 N–H and O–H groups in total. The minimum Gasteiger partial charge on any atom is -0.492 e. The Morgan fingerprint density at radius 2 is 2.06 bits per heavy atom. The lowest BCUT2D eigenvalue weighted by Crippen LogP contribution is -2.49. The lowest BCUT2D eigenvalue weighted by atomic mass is 10.2. The molecule has 1 atom stereocenters. The van der Waals surface area contributed by atoms with Gasteiger partial charge in [0.1, 0.15) is 12.4 Å². The molecule has 3 nitrogen and oxygen atoms in total. The van der Waals surface area contributed by atoms with Gasteiger partial charge >= 0.3 is 0 Å². The fraction of sp³-hybridized carbons (Fsp3) is 0.571. The molecule has 1 aromatic rings. The topological polar surface area (TPSA) is 21.7 Å². The quantitative estimate of drug-likeness (QED) is 0.853. The van der Waals surface area contributed by atoms with E-state index in [1.165, 1.54) is 12.8 Å². The van der Waals surface area contributed by atoms with Gasteiger partial charge in [-0.1, -0.05) is 15.9 Å². The van der Waals surface area contributed by atoms with Gasteiger partial charge in [-0.05, 0) is 37.1 Å².